The summed E-state index contributed by atoms with van der Waals surface area (Å²) in [7, 11) is 0. The second-order valence-corrected chi connectivity index (χ2v) is 7.49. The molecule has 1 aromatic heterocycles. The van der Waals surface area contributed by atoms with Crippen LogP contribution in [0.2, 0.25) is 0 Å². The molecular formula is C21H17BrN4O3. The zero-order valence-electron chi connectivity index (χ0n) is 15.3. The monoisotopic (exact) mass is 452 g/mol. The first kappa shape index (κ1) is 19.1. The molecule has 0 radical (unpaired) electrons. The maximum atomic E-state index is 12.6. The number of rotatable bonds is 6. The third kappa shape index (κ3) is 3.84. The average molecular weight is 453 g/mol. The van der Waals surface area contributed by atoms with Gasteiger partial charge in [-0.25, -0.2) is 4.90 Å². The number of amides is 3. The Labute approximate surface area is 175 Å². The van der Waals surface area contributed by atoms with E-state index in [1.54, 1.807) is 59.4 Å². The summed E-state index contributed by atoms with van der Waals surface area (Å²) in [6, 6.07) is 13.2. The van der Waals surface area contributed by atoms with Gasteiger partial charge in [0, 0.05) is 24.8 Å². The first-order valence-corrected chi connectivity index (χ1v) is 9.88. The SMILES string of the molecule is O=C(NCCCn1cc(Br)cn1)c1cccc(N2C(=O)c3ccccc3C2=O)c1. The van der Waals surface area contributed by atoms with Gasteiger partial charge in [-0.15, -0.1) is 0 Å². The van der Waals surface area contributed by atoms with Crippen molar-refractivity contribution < 1.29 is 14.4 Å². The average Bonchev–Trinajstić information content (AvgIpc) is 3.26. The number of benzene rings is 2. The summed E-state index contributed by atoms with van der Waals surface area (Å²) in [5.74, 6) is -1.02. The number of aromatic nitrogens is 2. The predicted octanol–water partition coefficient (Wildman–Crippen LogP) is 3.27. The van der Waals surface area contributed by atoms with Crippen molar-refractivity contribution in [3.05, 3.63) is 82.1 Å². The van der Waals surface area contributed by atoms with Gasteiger partial charge >= 0.3 is 0 Å². The maximum Gasteiger partial charge on any atom is 0.266 e. The Bertz CT molecular complexity index is 1070. The minimum absolute atomic E-state index is 0.259. The van der Waals surface area contributed by atoms with E-state index in [1.807, 2.05) is 6.20 Å². The van der Waals surface area contributed by atoms with Gasteiger partial charge in [-0.1, -0.05) is 18.2 Å². The van der Waals surface area contributed by atoms with E-state index in [0.29, 0.717) is 35.5 Å². The highest BCUT2D eigenvalue weighted by Crippen LogP contribution is 2.28. The third-order valence-corrected chi connectivity index (χ3v) is 5.02. The van der Waals surface area contributed by atoms with Crippen LogP contribution in [0, 0.1) is 0 Å². The van der Waals surface area contributed by atoms with Gasteiger partial charge in [-0.3, -0.25) is 19.1 Å². The second kappa shape index (κ2) is 8.00. The van der Waals surface area contributed by atoms with Crippen molar-refractivity contribution in [1.29, 1.82) is 0 Å². The molecule has 2 heterocycles. The largest absolute Gasteiger partial charge is 0.352 e. The zero-order chi connectivity index (χ0) is 20.4. The molecule has 0 saturated carbocycles. The fourth-order valence-electron chi connectivity index (χ4n) is 3.22. The van der Waals surface area contributed by atoms with Crippen LogP contribution in [0.25, 0.3) is 0 Å². The van der Waals surface area contributed by atoms with Crippen LogP contribution in [0.5, 0.6) is 0 Å². The smallest absolute Gasteiger partial charge is 0.266 e. The van der Waals surface area contributed by atoms with Crippen LogP contribution in [0.4, 0.5) is 5.69 Å². The van der Waals surface area contributed by atoms with E-state index in [1.165, 1.54) is 0 Å². The number of fused-ring (bicyclic) bond motifs is 1. The number of carbonyl (C=O) groups excluding carboxylic acids is 3. The normalized spacial score (nSPS) is 12.9. The van der Waals surface area contributed by atoms with Crippen molar-refractivity contribution in [2.45, 2.75) is 13.0 Å². The Balaban J connectivity index is 1.41. The Kier molecular flexibility index (Phi) is 5.26. The minimum atomic E-state index is -0.381. The standard InChI is InChI=1S/C21H17BrN4O3/c22-15-12-24-25(13-15)10-4-9-23-19(27)14-5-3-6-16(11-14)26-20(28)17-7-1-2-8-18(17)21(26)29/h1-3,5-8,11-13H,4,9-10H2,(H,23,27). The molecule has 0 aliphatic carbocycles. The van der Waals surface area contributed by atoms with Gasteiger partial charge in [0.1, 0.15) is 0 Å². The molecule has 1 aliphatic heterocycles. The van der Waals surface area contributed by atoms with Gasteiger partial charge in [0.15, 0.2) is 0 Å². The van der Waals surface area contributed by atoms with Crippen LogP contribution in [0.1, 0.15) is 37.5 Å². The van der Waals surface area contributed by atoms with Crippen molar-refractivity contribution in [2.75, 3.05) is 11.4 Å². The van der Waals surface area contributed by atoms with Gasteiger partial charge in [-0.05, 0) is 52.7 Å². The molecule has 3 aromatic rings. The Morgan fingerprint density at radius 3 is 2.41 bits per heavy atom. The molecule has 3 amide bonds. The lowest BCUT2D eigenvalue weighted by molar-refractivity contribution is 0.0919. The molecule has 2 aromatic carbocycles. The molecule has 0 atom stereocenters. The summed E-state index contributed by atoms with van der Waals surface area (Å²) < 4.78 is 2.70. The lowest BCUT2D eigenvalue weighted by Gasteiger charge is -2.15. The highest BCUT2D eigenvalue weighted by atomic mass is 79.9. The van der Waals surface area contributed by atoms with Gasteiger partial charge in [0.2, 0.25) is 0 Å². The molecule has 1 N–H and O–H groups in total. The van der Waals surface area contributed by atoms with Crippen LogP contribution in [0.15, 0.2) is 65.4 Å². The molecule has 4 rings (SSSR count). The molecule has 0 bridgehead atoms. The van der Waals surface area contributed by atoms with Crippen molar-refractivity contribution in [3.63, 3.8) is 0 Å². The minimum Gasteiger partial charge on any atom is -0.352 e. The molecule has 0 saturated heterocycles. The number of anilines is 1. The fourth-order valence-corrected chi connectivity index (χ4v) is 3.54. The van der Waals surface area contributed by atoms with Gasteiger partial charge in [0.05, 0.1) is 27.5 Å². The quantitative estimate of drug-likeness (QED) is 0.459. The number of imide groups is 1. The number of aryl methyl sites for hydroxylation is 1. The topological polar surface area (TPSA) is 84.3 Å². The Morgan fingerprint density at radius 1 is 1.03 bits per heavy atom. The van der Waals surface area contributed by atoms with E-state index in [9.17, 15) is 14.4 Å². The summed E-state index contributed by atoms with van der Waals surface area (Å²) in [5.41, 5.74) is 1.52. The van der Waals surface area contributed by atoms with Gasteiger partial charge < -0.3 is 5.32 Å². The van der Waals surface area contributed by atoms with E-state index >= 15 is 0 Å². The van der Waals surface area contributed by atoms with Crippen molar-refractivity contribution in [1.82, 2.24) is 15.1 Å². The number of halogens is 1. The number of hydrogen-bond donors (Lipinski definition) is 1. The second-order valence-electron chi connectivity index (χ2n) is 6.57. The number of carbonyl (C=O) groups is 3. The highest BCUT2D eigenvalue weighted by Gasteiger charge is 2.36. The summed E-state index contributed by atoms with van der Waals surface area (Å²) in [5, 5.41) is 7.02. The van der Waals surface area contributed by atoms with Crippen LogP contribution < -0.4 is 10.2 Å². The van der Waals surface area contributed by atoms with Crippen LogP contribution >= 0.6 is 15.9 Å². The van der Waals surface area contributed by atoms with E-state index in [0.717, 1.165) is 15.8 Å². The van der Waals surface area contributed by atoms with Crippen molar-refractivity contribution >= 4 is 39.3 Å². The third-order valence-electron chi connectivity index (χ3n) is 4.61. The zero-order valence-corrected chi connectivity index (χ0v) is 16.9. The Hall–Kier alpha value is -3.26. The molecule has 7 nitrogen and oxygen atoms in total. The summed E-state index contributed by atoms with van der Waals surface area (Å²) >= 11 is 3.34. The van der Waals surface area contributed by atoms with E-state index in [4.69, 9.17) is 0 Å². The molecule has 29 heavy (non-hydrogen) atoms. The predicted molar refractivity (Wildman–Crippen MR) is 111 cm³/mol. The maximum absolute atomic E-state index is 12.6. The summed E-state index contributed by atoms with van der Waals surface area (Å²) in [6.07, 6.45) is 4.30. The van der Waals surface area contributed by atoms with Crippen molar-refractivity contribution in [2.24, 2.45) is 0 Å². The Morgan fingerprint density at radius 2 is 1.76 bits per heavy atom. The molecule has 0 unspecified atom stereocenters. The van der Waals surface area contributed by atoms with Crippen LogP contribution in [-0.4, -0.2) is 34.0 Å². The van der Waals surface area contributed by atoms with Gasteiger partial charge in [-0.2, -0.15) is 5.10 Å². The molecule has 0 fully saturated rings. The molecule has 146 valence electrons. The molecular weight excluding hydrogens is 436 g/mol. The van der Waals surface area contributed by atoms with Gasteiger partial charge in [0.25, 0.3) is 17.7 Å². The summed E-state index contributed by atoms with van der Waals surface area (Å²) in [4.78, 5) is 38.8. The molecule has 0 spiro atoms. The lowest BCUT2D eigenvalue weighted by Crippen LogP contribution is -2.30. The number of nitrogens with zero attached hydrogens (tertiary/aromatic N) is 3. The van der Waals surface area contributed by atoms with Crippen molar-refractivity contribution in [3.8, 4) is 0 Å². The van der Waals surface area contributed by atoms with E-state index in [2.05, 4.69) is 26.3 Å². The lowest BCUT2D eigenvalue weighted by atomic mass is 10.1. The molecule has 8 heteroatoms. The van der Waals surface area contributed by atoms with Crippen LogP contribution in [-0.2, 0) is 6.54 Å². The molecule has 1 aliphatic rings. The first-order chi connectivity index (χ1) is 14.0. The van der Waals surface area contributed by atoms with E-state index < -0.39 is 0 Å². The summed E-state index contributed by atoms with van der Waals surface area (Å²) in [6.45, 7) is 1.16. The highest BCUT2D eigenvalue weighted by molar-refractivity contribution is 9.10. The number of hydrogen-bond acceptors (Lipinski definition) is 4. The fraction of sp³-hybridized carbons (Fsp3) is 0.143. The number of nitrogens with one attached hydrogen (secondary N) is 1. The first-order valence-electron chi connectivity index (χ1n) is 9.08. The van der Waals surface area contributed by atoms with Crippen LogP contribution in [0.3, 0.4) is 0 Å². The van der Waals surface area contributed by atoms with E-state index in [-0.39, 0.29) is 17.7 Å².